The quantitative estimate of drug-likeness (QED) is 0.395. The van der Waals surface area contributed by atoms with Gasteiger partial charge in [-0.25, -0.2) is 0 Å². The van der Waals surface area contributed by atoms with Gasteiger partial charge in [-0.2, -0.15) is 5.10 Å². The Bertz CT molecular complexity index is 1310. The molecule has 2 atom stereocenters. The van der Waals surface area contributed by atoms with Crippen molar-refractivity contribution < 1.29 is 9.59 Å². The molecule has 2 amide bonds. The number of fused-ring (bicyclic) bond motifs is 1. The SMILES string of the molecule is NC(=O)C1CC(C(=O)NCC(c2cccs2)c2c[nH]c3ccccc23)=NN1c1ccccc1. The molecule has 0 saturated carbocycles. The van der Waals surface area contributed by atoms with Gasteiger partial charge in [0.1, 0.15) is 11.8 Å². The van der Waals surface area contributed by atoms with Gasteiger partial charge in [0, 0.05) is 40.9 Å². The van der Waals surface area contributed by atoms with Crippen LogP contribution in [0.25, 0.3) is 10.9 Å². The second kappa shape index (κ2) is 8.91. The van der Waals surface area contributed by atoms with Gasteiger partial charge in [-0.15, -0.1) is 11.3 Å². The lowest BCUT2D eigenvalue weighted by Crippen LogP contribution is -2.40. The number of amides is 2. The molecular weight excluding hydrogens is 434 g/mol. The summed E-state index contributed by atoms with van der Waals surface area (Å²) in [5.41, 5.74) is 8.81. The number of hydrazone groups is 1. The van der Waals surface area contributed by atoms with E-state index < -0.39 is 11.9 Å². The van der Waals surface area contributed by atoms with Crippen LogP contribution >= 0.6 is 11.3 Å². The first-order valence-electron chi connectivity index (χ1n) is 10.7. The molecule has 0 aliphatic carbocycles. The van der Waals surface area contributed by atoms with Gasteiger partial charge >= 0.3 is 0 Å². The van der Waals surface area contributed by atoms with Crippen LogP contribution in [0.15, 0.2) is 83.4 Å². The van der Waals surface area contributed by atoms with E-state index in [1.165, 1.54) is 5.01 Å². The van der Waals surface area contributed by atoms with E-state index in [0.29, 0.717) is 12.3 Å². The molecule has 4 N–H and O–H groups in total. The molecule has 0 fully saturated rings. The summed E-state index contributed by atoms with van der Waals surface area (Å²) in [4.78, 5) is 29.6. The summed E-state index contributed by atoms with van der Waals surface area (Å²) in [5, 5.41) is 12.2. The maximum atomic E-state index is 13.1. The number of hydrogen-bond acceptors (Lipinski definition) is 5. The number of nitrogens with zero attached hydrogens (tertiary/aromatic N) is 2. The van der Waals surface area contributed by atoms with E-state index in [2.05, 4.69) is 27.5 Å². The van der Waals surface area contributed by atoms with Crippen molar-refractivity contribution in [1.82, 2.24) is 10.3 Å². The Morgan fingerprint density at radius 2 is 1.91 bits per heavy atom. The number of nitrogens with one attached hydrogen (secondary N) is 2. The largest absolute Gasteiger partial charge is 0.368 e. The second-order valence-corrected chi connectivity index (χ2v) is 8.90. The highest BCUT2D eigenvalue weighted by molar-refractivity contribution is 7.10. The Kier molecular flexibility index (Phi) is 5.66. The molecule has 0 bridgehead atoms. The summed E-state index contributed by atoms with van der Waals surface area (Å²) in [7, 11) is 0. The Balaban J connectivity index is 1.38. The third-order valence-electron chi connectivity index (χ3n) is 5.87. The highest BCUT2D eigenvalue weighted by Gasteiger charge is 2.35. The van der Waals surface area contributed by atoms with Crippen LogP contribution in [0.1, 0.15) is 22.8 Å². The standard InChI is InChI=1S/C25H23N5O2S/c26-24(31)22-13-21(29-30(22)16-7-2-1-3-8-16)25(32)28-15-19(23-11-6-12-33-23)18-14-27-20-10-5-4-9-17(18)20/h1-12,14,19,22,27H,13,15H2,(H2,26,31)(H,28,32). The Hall–Kier alpha value is -3.91. The summed E-state index contributed by atoms with van der Waals surface area (Å²) < 4.78 is 0. The summed E-state index contributed by atoms with van der Waals surface area (Å²) in [6.07, 6.45) is 2.18. The topological polar surface area (TPSA) is 104 Å². The van der Waals surface area contributed by atoms with Gasteiger partial charge in [-0.3, -0.25) is 14.6 Å². The second-order valence-electron chi connectivity index (χ2n) is 7.92. The Morgan fingerprint density at radius 3 is 2.67 bits per heavy atom. The number of carbonyl (C=O) groups is 2. The van der Waals surface area contributed by atoms with Crippen LogP contribution in [0.5, 0.6) is 0 Å². The monoisotopic (exact) mass is 457 g/mol. The molecule has 5 rings (SSSR count). The van der Waals surface area contributed by atoms with Crippen molar-refractivity contribution in [3.8, 4) is 0 Å². The van der Waals surface area contributed by atoms with Crippen LogP contribution in [0.3, 0.4) is 0 Å². The molecule has 2 aromatic carbocycles. The number of para-hydroxylation sites is 2. The molecule has 1 aliphatic rings. The minimum Gasteiger partial charge on any atom is -0.368 e. The summed E-state index contributed by atoms with van der Waals surface area (Å²) in [5.74, 6) is -0.814. The molecule has 2 unspecified atom stereocenters. The number of primary amides is 1. The van der Waals surface area contributed by atoms with Gasteiger partial charge in [0.15, 0.2) is 0 Å². The lowest BCUT2D eigenvalue weighted by Gasteiger charge is -2.20. The number of thiophene rings is 1. The lowest BCUT2D eigenvalue weighted by atomic mass is 9.96. The number of hydrogen-bond donors (Lipinski definition) is 3. The van der Waals surface area contributed by atoms with Gasteiger partial charge in [-0.05, 0) is 35.2 Å². The molecule has 2 aromatic heterocycles. The zero-order chi connectivity index (χ0) is 22.8. The molecule has 4 aromatic rings. The Labute approximate surface area is 194 Å². The summed E-state index contributed by atoms with van der Waals surface area (Å²) >= 11 is 1.66. The number of aromatic amines is 1. The van der Waals surface area contributed by atoms with Crippen molar-refractivity contribution in [2.75, 3.05) is 11.6 Å². The van der Waals surface area contributed by atoms with Gasteiger partial charge in [0.2, 0.25) is 5.91 Å². The molecule has 33 heavy (non-hydrogen) atoms. The number of rotatable bonds is 7. The molecule has 1 aliphatic heterocycles. The summed E-state index contributed by atoms with van der Waals surface area (Å²) in [6.45, 7) is 0.410. The molecule has 166 valence electrons. The average molecular weight is 458 g/mol. The number of aromatic nitrogens is 1. The smallest absolute Gasteiger partial charge is 0.267 e. The normalized spacial score (nSPS) is 16.5. The van der Waals surface area contributed by atoms with Crippen molar-refractivity contribution in [1.29, 1.82) is 0 Å². The van der Waals surface area contributed by atoms with Gasteiger partial charge in [0.05, 0.1) is 5.69 Å². The van der Waals surface area contributed by atoms with Crippen LogP contribution in [0, 0.1) is 0 Å². The maximum absolute atomic E-state index is 13.1. The van der Waals surface area contributed by atoms with Crippen LogP contribution < -0.4 is 16.1 Å². The molecule has 0 radical (unpaired) electrons. The van der Waals surface area contributed by atoms with Crippen molar-refractivity contribution >= 4 is 45.5 Å². The lowest BCUT2D eigenvalue weighted by molar-refractivity contribution is -0.119. The third kappa shape index (κ3) is 4.12. The van der Waals surface area contributed by atoms with E-state index in [1.54, 1.807) is 11.3 Å². The predicted octanol–water partition coefficient (Wildman–Crippen LogP) is 3.60. The van der Waals surface area contributed by atoms with Crippen molar-refractivity contribution in [3.63, 3.8) is 0 Å². The molecule has 3 heterocycles. The van der Waals surface area contributed by atoms with Crippen molar-refractivity contribution in [2.24, 2.45) is 10.8 Å². The fourth-order valence-corrected chi connectivity index (χ4v) is 5.07. The van der Waals surface area contributed by atoms with Crippen LogP contribution in [0.4, 0.5) is 5.69 Å². The number of carbonyl (C=O) groups excluding carboxylic acids is 2. The van der Waals surface area contributed by atoms with Gasteiger partial charge in [-0.1, -0.05) is 42.5 Å². The molecule has 7 nitrogen and oxygen atoms in total. The number of benzene rings is 2. The molecule has 0 spiro atoms. The van der Waals surface area contributed by atoms with Crippen molar-refractivity contribution in [2.45, 2.75) is 18.4 Å². The molecule has 0 saturated heterocycles. The van der Waals surface area contributed by atoms with E-state index in [-0.39, 0.29) is 18.2 Å². The fourth-order valence-electron chi connectivity index (χ4n) is 4.22. The van der Waals surface area contributed by atoms with Crippen LogP contribution in [-0.2, 0) is 9.59 Å². The number of nitrogens with two attached hydrogens (primary N) is 1. The average Bonchev–Trinajstić information content (AvgIpc) is 3.60. The first kappa shape index (κ1) is 21.0. The number of H-pyrrole nitrogens is 1. The highest BCUT2D eigenvalue weighted by Crippen LogP contribution is 2.33. The van der Waals surface area contributed by atoms with E-state index >= 15 is 0 Å². The zero-order valence-electron chi connectivity index (χ0n) is 17.8. The first-order chi connectivity index (χ1) is 16.1. The Morgan fingerprint density at radius 1 is 1.12 bits per heavy atom. The van der Waals surface area contributed by atoms with E-state index in [9.17, 15) is 9.59 Å². The van der Waals surface area contributed by atoms with E-state index in [0.717, 1.165) is 27.0 Å². The fraction of sp³-hybridized carbons (Fsp3) is 0.160. The molecule has 8 heteroatoms. The predicted molar refractivity (Wildman–Crippen MR) is 131 cm³/mol. The molecular formula is C25H23N5O2S. The van der Waals surface area contributed by atoms with E-state index in [1.807, 2.05) is 66.2 Å². The number of anilines is 1. The third-order valence-corrected chi connectivity index (χ3v) is 6.86. The highest BCUT2D eigenvalue weighted by atomic mass is 32.1. The van der Waals surface area contributed by atoms with E-state index in [4.69, 9.17) is 5.73 Å². The minimum atomic E-state index is -0.685. The maximum Gasteiger partial charge on any atom is 0.267 e. The van der Waals surface area contributed by atoms with Crippen LogP contribution in [0.2, 0.25) is 0 Å². The van der Waals surface area contributed by atoms with Crippen LogP contribution in [-0.4, -0.2) is 35.1 Å². The van der Waals surface area contributed by atoms with Gasteiger partial charge < -0.3 is 16.0 Å². The minimum absolute atomic E-state index is 0.00994. The van der Waals surface area contributed by atoms with Gasteiger partial charge in [0.25, 0.3) is 5.91 Å². The first-order valence-corrected chi connectivity index (χ1v) is 11.6. The zero-order valence-corrected chi connectivity index (χ0v) is 18.6. The van der Waals surface area contributed by atoms with Crippen molar-refractivity contribution in [3.05, 3.63) is 88.7 Å². The summed E-state index contributed by atoms with van der Waals surface area (Å²) in [6, 6.07) is 20.8.